The smallest absolute Gasteiger partial charge is 0.361 e. The molecule has 22 heavy (non-hydrogen) atoms. The normalized spacial score (nSPS) is 17.3. The van der Waals surface area contributed by atoms with Crippen molar-refractivity contribution < 1.29 is 18.8 Å². The van der Waals surface area contributed by atoms with Gasteiger partial charge < -0.3 is 9.57 Å². The van der Waals surface area contributed by atoms with E-state index in [9.17, 15) is 9.18 Å². The molecule has 0 heterocycles. The monoisotopic (exact) mass is 307 g/mol. The number of carbonyl (C=O) groups is 1. The van der Waals surface area contributed by atoms with Crippen LogP contribution in [-0.2, 0) is 14.4 Å². The predicted molar refractivity (Wildman–Crippen MR) is 82.1 cm³/mol. The van der Waals surface area contributed by atoms with Crippen molar-refractivity contribution in [1.82, 2.24) is 0 Å². The highest BCUT2D eigenvalue weighted by Gasteiger charge is 2.35. The largest absolute Gasteiger partial charge is 0.461 e. The topological polar surface area (TPSA) is 47.9 Å². The fraction of sp³-hybridized carbons (Fsp3) is 0.529. The summed E-state index contributed by atoms with van der Waals surface area (Å²) in [6, 6.07) is 6.00. The summed E-state index contributed by atoms with van der Waals surface area (Å²) >= 11 is 0. The predicted octanol–water partition coefficient (Wildman–Crippen LogP) is 3.83. The van der Waals surface area contributed by atoms with E-state index in [1.807, 2.05) is 6.92 Å². The highest BCUT2D eigenvalue weighted by molar-refractivity contribution is 6.43. The van der Waals surface area contributed by atoms with Gasteiger partial charge in [-0.1, -0.05) is 24.2 Å². The molecule has 120 valence electrons. The number of hydrogen-bond acceptors (Lipinski definition) is 4. The number of halogens is 1. The van der Waals surface area contributed by atoms with E-state index in [2.05, 4.69) is 5.16 Å². The van der Waals surface area contributed by atoms with E-state index in [1.165, 1.54) is 12.1 Å². The minimum atomic E-state index is -0.670. The van der Waals surface area contributed by atoms with E-state index in [0.717, 1.165) is 32.1 Å². The lowest BCUT2D eigenvalue weighted by atomic mass is 9.99. The first-order chi connectivity index (χ1) is 10.6. The molecule has 0 spiro atoms. The zero-order valence-electron chi connectivity index (χ0n) is 13.1. The summed E-state index contributed by atoms with van der Waals surface area (Å²) in [5, 5.41) is 4.00. The molecule has 0 bridgehead atoms. The van der Waals surface area contributed by atoms with E-state index in [-0.39, 0.29) is 23.5 Å². The molecule has 1 saturated carbocycles. The van der Waals surface area contributed by atoms with E-state index in [4.69, 9.17) is 9.57 Å². The van der Waals surface area contributed by atoms with E-state index >= 15 is 0 Å². The zero-order chi connectivity index (χ0) is 16.0. The summed E-state index contributed by atoms with van der Waals surface area (Å²) < 4.78 is 19.0. The highest BCUT2D eigenvalue weighted by atomic mass is 19.1. The van der Waals surface area contributed by atoms with Crippen molar-refractivity contribution in [2.24, 2.45) is 5.16 Å². The molecule has 0 N–H and O–H groups in total. The Balaban J connectivity index is 2.30. The molecule has 1 aromatic carbocycles. The Bertz CT molecular complexity index is 551. The molecule has 0 amide bonds. The number of esters is 1. The van der Waals surface area contributed by atoms with Crippen LogP contribution in [0, 0.1) is 5.82 Å². The number of rotatable bonds is 6. The Morgan fingerprint density at radius 3 is 2.55 bits per heavy atom. The quantitative estimate of drug-likeness (QED) is 0.456. The van der Waals surface area contributed by atoms with Gasteiger partial charge in [0.15, 0.2) is 5.71 Å². The molecule has 0 aromatic heterocycles. The van der Waals surface area contributed by atoms with Crippen LogP contribution in [-0.4, -0.2) is 23.9 Å². The van der Waals surface area contributed by atoms with Gasteiger partial charge in [-0.25, -0.2) is 9.18 Å². The summed E-state index contributed by atoms with van der Waals surface area (Å²) in [7, 11) is 0. The SMILES string of the molecule is CCOC(=O)/C(=N\OC1(CC)CCCC1)c1ccccc1F. The van der Waals surface area contributed by atoms with E-state index in [1.54, 1.807) is 19.1 Å². The van der Waals surface area contributed by atoms with Crippen LogP contribution in [0.2, 0.25) is 0 Å². The molecule has 0 atom stereocenters. The molecule has 1 aliphatic rings. The van der Waals surface area contributed by atoms with Crippen LogP contribution in [0.1, 0.15) is 51.5 Å². The third-order valence-corrected chi connectivity index (χ3v) is 4.09. The Hall–Kier alpha value is -1.91. The summed E-state index contributed by atoms with van der Waals surface area (Å²) in [6.07, 6.45) is 4.78. The van der Waals surface area contributed by atoms with Gasteiger partial charge >= 0.3 is 5.97 Å². The van der Waals surface area contributed by atoms with Crippen LogP contribution in [0.25, 0.3) is 0 Å². The fourth-order valence-electron chi connectivity index (χ4n) is 2.72. The van der Waals surface area contributed by atoms with Crippen molar-refractivity contribution in [3.05, 3.63) is 35.6 Å². The summed E-state index contributed by atoms with van der Waals surface area (Å²) in [4.78, 5) is 17.8. The van der Waals surface area contributed by atoms with Gasteiger partial charge in [0, 0.05) is 5.56 Å². The van der Waals surface area contributed by atoms with Gasteiger partial charge in [-0.15, -0.1) is 0 Å². The minimum Gasteiger partial charge on any atom is -0.461 e. The third kappa shape index (κ3) is 3.64. The van der Waals surface area contributed by atoms with Gasteiger partial charge in [-0.3, -0.25) is 0 Å². The van der Waals surface area contributed by atoms with Crippen molar-refractivity contribution in [3.8, 4) is 0 Å². The van der Waals surface area contributed by atoms with Crippen molar-refractivity contribution in [2.75, 3.05) is 6.61 Å². The number of carbonyl (C=O) groups excluding carboxylic acids is 1. The van der Waals surface area contributed by atoms with Crippen molar-refractivity contribution in [1.29, 1.82) is 0 Å². The lowest BCUT2D eigenvalue weighted by Gasteiger charge is -2.25. The minimum absolute atomic E-state index is 0.102. The highest BCUT2D eigenvalue weighted by Crippen LogP contribution is 2.36. The number of nitrogens with zero attached hydrogens (tertiary/aromatic N) is 1. The second-order valence-corrected chi connectivity index (χ2v) is 5.48. The molecule has 0 saturated heterocycles. The molecule has 2 rings (SSSR count). The molecular weight excluding hydrogens is 285 g/mol. The Labute approximate surface area is 130 Å². The van der Waals surface area contributed by atoms with Crippen LogP contribution >= 0.6 is 0 Å². The molecular formula is C17H22FNO3. The lowest BCUT2D eigenvalue weighted by Crippen LogP contribution is -2.28. The van der Waals surface area contributed by atoms with Crippen molar-refractivity contribution >= 4 is 11.7 Å². The van der Waals surface area contributed by atoms with Gasteiger partial charge in [-0.05, 0) is 51.2 Å². The average molecular weight is 307 g/mol. The van der Waals surface area contributed by atoms with Gasteiger partial charge in [0.25, 0.3) is 0 Å². The fourth-order valence-corrected chi connectivity index (χ4v) is 2.72. The molecule has 0 radical (unpaired) electrons. The average Bonchev–Trinajstić information content (AvgIpc) is 2.99. The van der Waals surface area contributed by atoms with E-state index in [0.29, 0.717) is 0 Å². The maximum absolute atomic E-state index is 14.0. The summed E-state index contributed by atoms with van der Waals surface area (Å²) in [5.74, 6) is -1.19. The molecule has 1 fully saturated rings. The molecule has 0 unspecified atom stereocenters. The first-order valence-electron chi connectivity index (χ1n) is 7.80. The first kappa shape index (κ1) is 16.5. The maximum Gasteiger partial charge on any atom is 0.361 e. The lowest BCUT2D eigenvalue weighted by molar-refractivity contribution is -0.135. The molecule has 1 aliphatic carbocycles. The zero-order valence-corrected chi connectivity index (χ0v) is 13.1. The third-order valence-electron chi connectivity index (χ3n) is 4.09. The number of ether oxygens (including phenoxy) is 1. The molecule has 0 aliphatic heterocycles. The van der Waals surface area contributed by atoms with Gasteiger partial charge in [0.2, 0.25) is 0 Å². The summed E-state index contributed by atoms with van der Waals surface area (Å²) in [5.41, 5.74) is -0.354. The maximum atomic E-state index is 14.0. The van der Waals surface area contributed by atoms with Crippen molar-refractivity contribution in [3.63, 3.8) is 0 Å². The van der Waals surface area contributed by atoms with Crippen LogP contribution < -0.4 is 0 Å². The van der Waals surface area contributed by atoms with Crippen LogP contribution in [0.15, 0.2) is 29.4 Å². The van der Waals surface area contributed by atoms with Crippen LogP contribution in [0.3, 0.4) is 0 Å². The van der Waals surface area contributed by atoms with E-state index < -0.39 is 11.8 Å². The number of oxime groups is 1. The number of benzene rings is 1. The Kier molecular flexibility index (Phi) is 5.52. The molecule has 1 aromatic rings. The Morgan fingerprint density at radius 1 is 1.27 bits per heavy atom. The second kappa shape index (κ2) is 7.38. The van der Waals surface area contributed by atoms with Crippen molar-refractivity contribution in [2.45, 2.75) is 51.6 Å². The standard InChI is InChI=1S/C17H22FNO3/c1-3-17(11-7-8-12-17)22-19-15(16(20)21-4-2)13-9-5-6-10-14(13)18/h5-6,9-10H,3-4,7-8,11-12H2,1-2H3/b19-15-. The van der Waals surface area contributed by atoms with Crippen LogP contribution in [0.5, 0.6) is 0 Å². The summed E-state index contributed by atoms with van der Waals surface area (Å²) in [6.45, 7) is 3.93. The van der Waals surface area contributed by atoms with Gasteiger partial charge in [0.05, 0.1) is 6.61 Å². The molecule has 4 nitrogen and oxygen atoms in total. The molecule has 5 heteroatoms. The first-order valence-corrected chi connectivity index (χ1v) is 7.80. The number of hydrogen-bond donors (Lipinski definition) is 0. The Morgan fingerprint density at radius 2 is 1.95 bits per heavy atom. The second-order valence-electron chi connectivity index (χ2n) is 5.48. The van der Waals surface area contributed by atoms with Gasteiger partial charge in [0.1, 0.15) is 11.4 Å². The van der Waals surface area contributed by atoms with Crippen LogP contribution in [0.4, 0.5) is 4.39 Å². The van der Waals surface area contributed by atoms with Gasteiger partial charge in [-0.2, -0.15) is 0 Å².